The highest BCUT2D eigenvalue weighted by molar-refractivity contribution is 5.87. The monoisotopic (exact) mass is 356 g/mol. The Morgan fingerprint density at radius 2 is 1.96 bits per heavy atom. The lowest BCUT2D eigenvalue weighted by Gasteiger charge is -2.34. The minimum Gasteiger partial charge on any atom is -0.458 e. The number of rotatable bonds is 4. The molecule has 1 aliphatic rings. The largest absolute Gasteiger partial charge is 0.458 e. The molecule has 0 bridgehead atoms. The van der Waals surface area contributed by atoms with Crippen LogP contribution in [0.5, 0.6) is 0 Å². The van der Waals surface area contributed by atoms with E-state index < -0.39 is 17.6 Å². The molecule has 7 heteroatoms. The number of oxazole rings is 1. The predicted octanol–water partition coefficient (Wildman–Crippen LogP) is 4.12. The number of aromatic nitrogens is 2. The second-order valence-electron chi connectivity index (χ2n) is 6.18. The van der Waals surface area contributed by atoms with Crippen LogP contribution in [0, 0.1) is 11.6 Å². The van der Waals surface area contributed by atoms with Crippen molar-refractivity contribution in [3.8, 4) is 11.5 Å². The molecule has 0 amide bonds. The number of esters is 1. The zero-order valence-corrected chi connectivity index (χ0v) is 13.6. The van der Waals surface area contributed by atoms with E-state index in [4.69, 9.17) is 9.15 Å². The average Bonchev–Trinajstić information content (AvgIpc) is 3.07. The van der Waals surface area contributed by atoms with Crippen molar-refractivity contribution in [2.75, 3.05) is 0 Å². The summed E-state index contributed by atoms with van der Waals surface area (Å²) in [5, 5.41) is 0. The standard InChI is InChI=1S/C19H14F2N2O3/c20-14-4-12(5-15(21)8-14)13-6-16(7-13)26-19(24)17-10-25-18(23-17)11-2-1-3-22-9-11/h1-5,8-10,13,16H,6-7H2. The summed E-state index contributed by atoms with van der Waals surface area (Å²) >= 11 is 0. The Morgan fingerprint density at radius 1 is 1.19 bits per heavy atom. The molecule has 26 heavy (non-hydrogen) atoms. The second-order valence-corrected chi connectivity index (χ2v) is 6.18. The Hall–Kier alpha value is -3.09. The van der Waals surface area contributed by atoms with E-state index >= 15 is 0 Å². The zero-order valence-electron chi connectivity index (χ0n) is 13.6. The lowest BCUT2D eigenvalue weighted by Crippen LogP contribution is -2.32. The summed E-state index contributed by atoms with van der Waals surface area (Å²) in [5.41, 5.74) is 1.31. The van der Waals surface area contributed by atoms with Crippen LogP contribution in [0.3, 0.4) is 0 Å². The van der Waals surface area contributed by atoms with Gasteiger partial charge < -0.3 is 9.15 Å². The topological polar surface area (TPSA) is 65.2 Å². The maximum absolute atomic E-state index is 13.3. The summed E-state index contributed by atoms with van der Waals surface area (Å²) in [6.07, 6.45) is 5.17. The predicted molar refractivity (Wildman–Crippen MR) is 87.3 cm³/mol. The minimum absolute atomic E-state index is 0.0266. The van der Waals surface area contributed by atoms with E-state index in [2.05, 4.69) is 9.97 Å². The first-order chi connectivity index (χ1) is 12.6. The molecule has 3 aromatic rings. The van der Waals surface area contributed by atoms with Crippen molar-refractivity contribution >= 4 is 5.97 Å². The second kappa shape index (κ2) is 6.67. The van der Waals surface area contributed by atoms with E-state index in [1.165, 1.54) is 18.4 Å². The maximum Gasteiger partial charge on any atom is 0.360 e. The number of carbonyl (C=O) groups excluding carboxylic acids is 1. The van der Waals surface area contributed by atoms with Crippen LogP contribution in [0.4, 0.5) is 8.78 Å². The number of hydrogen-bond acceptors (Lipinski definition) is 5. The Bertz CT molecular complexity index is 917. The van der Waals surface area contributed by atoms with Crippen LogP contribution in [-0.4, -0.2) is 22.0 Å². The van der Waals surface area contributed by atoms with Crippen molar-refractivity contribution in [1.82, 2.24) is 9.97 Å². The molecule has 0 aliphatic heterocycles. The first-order valence-electron chi connectivity index (χ1n) is 8.11. The van der Waals surface area contributed by atoms with Gasteiger partial charge in [0.2, 0.25) is 5.89 Å². The average molecular weight is 356 g/mol. The number of hydrogen-bond donors (Lipinski definition) is 0. The van der Waals surface area contributed by atoms with Crippen LogP contribution < -0.4 is 0 Å². The molecule has 5 nitrogen and oxygen atoms in total. The fourth-order valence-corrected chi connectivity index (χ4v) is 2.95. The quantitative estimate of drug-likeness (QED) is 0.658. The molecule has 0 atom stereocenters. The van der Waals surface area contributed by atoms with Gasteiger partial charge in [0, 0.05) is 18.5 Å². The molecule has 1 fully saturated rings. The molecule has 1 aromatic carbocycles. The van der Waals surface area contributed by atoms with Crippen molar-refractivity contribution in [2.45, 2.75) is 24.9 Å². The van der Waals surface area contributed by atoms with Gasteiger partial charge >= 0.3 is 5.97 Å². The number of ether oxygens (including phenoxy) is 1. The molecule has 1 saturated carbocycles. The van der Waals surface area contributed by atoms with Crippen LogP contribution in [0.15, 0.2) is 53.4 Å². The summed E-state index contributed by atoms with van der Waals surface area (Å²) in [6.45, 7) is 0. The lowest BCUT2D eigenvalue weighted by molar-refractivity contribution is 0.00141. The Morgan fingerprint density at radius 3 is 2.65 bits per heavy atom. The Kier molecular flexibility index (Phi) is 4.20. The summed E-state index contributed by atoms with van der Waals surface area (Å²) < 4.78 is 37.2. The van der Waals surface area contributed by atoms with Crippen LogP contribution in [0.1, 0.15) is 34.8 Å². The highest BCUT2D eigenvalue weighted by Crippen LogP contribution is 2.39. The third-order valence-corrected chi connectivity index (χ3v) is 4.35. The van der Waals surface area contributed by atoms with E-state index in [1.54, 1.807) is 24.5 Å². The molecular formula is C19H14F2N2O3. The summed E-state index contributed by atoms with van der Waals surface area (Å²) in [4.78, 5) is 20.2. The first kappa shape index (κ1) is 16.4. The molecule has 0 unspecified atom stereocenters. The first-order valence-corrected chi connectivity index (χ1v) is 8.11. The molecule has 0 radical (unpaired) electrons. The van der Waals surface area contributed by atoms with E-state index in [9.17, 15) is 13.6 Å². The SMILES string of the molecule is O=C(OC1CC(c2cc(F)cc(F)c2)C1)c1coc(-c2cccnc2)n1. The van der Waals surface area contributed by atoms with Gasteiger partial charge in [0.15, 0.2) is 5.69 Å². The van der Waals surface area contributed by atoms with Crippen LogP contribution in [0.2, 0.25) is 0 Å². The molecular weight excluding hydrogens is 342 g/mol. The van der Waals surface area contributed by atoms with Gasteiger partial charge in [0.25, 0.3) is 0 Å². The van der Waals surface area contributed by atoms with Gasteiger partial charge in [0.05, 0.1) is 5.56 Å². The van der Waals surface area contributed by atoms with Gasteiger partial charge in [-0.05, 0) is 48.6 Å². The van der Waals surface area contributed by atoms with Crippen LogP contribution >= 0.6 is 0 Å². The highest BCUT2D eigenvalue weighted by Gasteiger charge is 2.34. The van der Waals surface area contributed by atoms with E-state index in [0.717, 1.165) is 6.07 Å². The Balaban J connectivity index is 1.36. The van der Waals surface area contributed by atoms with Crippen molar-refractivity contribution in [3.63, 3.8) is 0 Å². The van der Waals surface area contributed by atoms with Crippen molar-refractivity contribution in [1.29, 1.82) is 0 Å². The number of nitrogens with zero attached hydrogens (tertiary/aromatic N) is 2. The van der Waals surface area contributed by atoms with Gasteiger partial charge in [-0.3, -0.25) is 4.98 Å². The van der Waals surface area contributed by atoms with Crippen molar-refractivity contribution < 1.29 is 22.7 Å². The normalized spacial score (nSPS) is 19.0. The molecule has 0 saturated heterocycles. The van der Waals surface area contributed by atoms with Gasteiger partial charge in [-0.2, -0.15) is 0 Å². The van der Waals surface area contributed by atoms with Crippen LogP contribution in [0.25, 0.3) is 11.5 Å². The summed E-state index contributed by atoms with van der Waals surface area (Å²) in [5.74, 6) is -1.54. The maximum atomic E-state index is 13.3. The fourth-order valence-electron chi connectivity index (χ4n) is 2.95. The van der Waals surface area contributed by atoms with Gasteiger partial charge in [-0.1, -0.05) is 0 Å². The third-order valence-electron chi connectivity index (χ3n) is 4.35. The van der Waals surface area contributed by atoms with E-state index in [-0.39, 0.29) is 23.6 Å². The molecule has 0 spiro atoms. The molecule has 132 valence electrons. The van der Waals surface area contributed by atoms with Gasteiger partial charge in [-0.25, -0.2) is 18.6 Å². The Labute approximate surface area is 147 Å². The lowest BCUT2D eigenvalue weighted by atomic mass is 9.77. The van der Waals surface area contributed by atoms with Crippen molar-refractivity contribution in [2.24, 2.45) is 0 Å². The molecule has 1 aliphatic carbocycles. The molecule has 2 heterocycles. The molecule has 2 aromatic heterocycles. The number of halogens is 2. The molecule has 0 N–H and O–H groups in total. The van der Waals surface area contributed by atoms with E-state index in [1.807, 2.05) is 0 Å². The number of benzene rings is 1. The zero-order chi connectivity index (χ0) is 18.1. The van der Waals surface area contributed by atoms with Gasteiger partial charge in [0.1, 0.15) is 24.0 Å². The molecule has 4 rings (SSSR count). The van der Waals surface area contributed by atoms with E-state index in [0.29, 0.717) is 24.0 Å². The van der Waals surface area contributed by atoms with Crippen LogP contribution in [-0.2, 0) is 4.74 Å². The fraction of sp³-hybridized carbons (Fsp3) is 0.211. The number of carbonyl (C=O) groups is 1. The minimum atomic E-state index is -0.606. The van der Waals surface area contributed by atoms with Crippen molar-refractivity contribution in [3.05, 3.63) is 71.9 Å². The highest BCUT2D eigenvalue weighted by atomic mass is 19.1. The summed E-state index contributed by atoms with van der Waals surface area (Å²) in [6, 6.07) is 6.96. The third kappa shape index (κ3) is 3.33. The smallest absolute Gasteiger partial charge is 0.360 e. The van der Waals surface area contributed by atoms with Gasteiger partial charge in [-0.15, -0.1) is 0 Å². The number of pyridine rings is 1. The summed E-state index contributed by atoms with van der Waals surface area (Å²) in [7, 11) is 0.